The van der Waals surface area contributed by atoms with Crippen molar-refractivity contribution in [3.8, 4) is 0 Å². The Hall–Kier alpha value is -1.28. The van der Waals surface area contributed by atoms with E-state index >= 15 is 0 Å². The van der Waals surface area contributed by atoms with Crippen LogP contribution in [0, 0.1) is 14.7 Å². The molecular formula is C3H5N3O5. The number of nitroso groups, excluding NO2 is 3. The molecule has 0 aromatic heterocycles. The third-order valence-electron chi connectivity index (χ3n) is 1.02. The molecular weight excluding hydrogens is 158 g/mol. The molecule has 0 saturated carbocycles. The average Bonchev–Trinajstić information content (AvgIpc) is 2.06. The van der Waals surface area contributed by atoms with E-state index in [-0.39, 0.29) is 0 Å². The number of nitrogens with zero attached hydrogens (tertiary/aromatic N) is 3. The summed E-state index contributed by atoms with van der Waals surface area (Å²) in [7, 11) is 0. The minimum Gasteiger partial charge on any atom is -0.394 e. The lowest BCUT2D eigenvalue weighted by Gasteiger charge is -2.13. The predicted octanol–water partition coefficient (Wildman–Crippen LogP) is -0.707. The number of hydrogen-bond acceptors (Lipinski definition) is 8. The molecule has 0 bridgehead atoms. The Morgan fingerprint density at radius 3 is 1.82 bits per heavy atom. The zero-order chi connectivity index (χ0) is 8.91. The Morgan fingerprint density at radius 1 is 1.27 bits per heavy atom. The van der Waals surface area contributed by atoms with Crippen LogP contribution in [0.2, 0.25) is 0 Å². The molecule has 0 radical (unpaired) electrons. The van der Waals surface area contributed by atoms with Crippen molar-refractivity contribution in [2.45, 2.75) is 11.9 Å². The van der Waals surface area contributed by atoms with Crippen LogP contribution in [0.15, 0.2) is 15.5 Å². The van der Waals surface area contributed by atoms with Crippen LogP contribution in [-0.4, -0.2) is 28.7 Å². The second-order valence-electron chi connectivity index (χ2n) is 1.67. The van der Waals surface area contributed by atoms with E-state index in [1.807, 2.05) is 10.4 Å². The molecule has 2 N–H and O–H groups in total. The zero-order valence-electron chi connectivity index (χ0n) is 5.25. The molecule has 0 aromatic carbocycles. The minimum atomic E-state index is -2.99. The number of aliphatic hydroxyl groups is 2. The van der Waals surface area contributed by atoms with Crippen LogP contribution in [0.25, 0.3) is 0 Å². The maximum absolute atomic E-state index is 9.73. The van der Waals surface area contributed by atoms with Crippen molar-refractivity contribution in [2.75, 3.05) is 6.61 Å². The van der Waals surface area contributed by atoms with E-state index in [0.29, 0.717) is 0 Å². The van der Waals surface area contributed by atoms with Crippen molar-refractivity contribution in [2.24, 2.45) is 15.5 Å². The second kappa shape index (κ2) is 3.78. The van der Waals surface area contributed by atoms with Crippen LogP contribution < -0.4 is 0 Å². The maximum atomic E-state index is 9.73. The molecule has 0 aliphatic heterocycles. The molecule has 1 unspecified atom stereocenters. The Bertz CT molecular complexity index is 162. The van der Waals surface area contributed by atoms with Crippen LogP contribution >= 0.6 is 0 Å². The van der Waals surface area contributed by atoms with Crippen molar-refractivity contribution in [3.05, 3.63) is 14.7 Å². The molecule has 1 atom stereocenters. The quantitative estimate of drug-likeness (QED) is 0.517. The number of aliphatic hydroxyl groups excluding tert-OH is 1. The lowest BCUT2D eigenvalue weighted by molar-refractivity contribution is 0.00962. The van der Waals surface area contributed by atoms with E-state index in [4.69, 9.17) is 10.2 Å². The molecule has 0 heterocycles. The van der Waals surface area contributed by atoms with Gasteiger partial charge in [0.25, 0.3) is 0 Å². The Balaban J connectivity index is 4.56. The lowest BCUT2D eigenvalue weighted by Crippen LogP contribution is -2.38. The summed E-state index contributed by atoms with van der Waals surface area (Å²) in [6, 6.07) is -1.85. The van der Waals surface area contributed by atoms with Gasteiger partial charge < -0.3 is 10.2 Å². The van der Waals surface area contributed by atoms with E-state index in [9.17, 15) is 14.7 Å². The van der Waals surface area contributed by atoms with Gasteiger partial charge >= 0.3 is 5.85 Å². The van der Waals surface area contributed by atoms with E-state index < -0.39 is 18.5 Å². The van der Waals surface area contributed by atoms with Crippen LogP contribution in [0.5, 0.6) is 0 Å². The topological polar surface area (TPSA) is 129 Å². The largest absolute Gasteiger partial charge is 0.394 e. The Kier molecular flexibility index (Phi) is 3.34. The van der Waals surface area contributed by atoms with E-state index in [2.05, 4.69) is 5.18 Å². The molecule has 62 valence electrons. The third-order valence-corrected chi connectivity index (χ3v) is 1.02. The van der Waals surface area contributed by atoms with Gasteiger partial charge in [-0.3, -0.25) is 0 Å². The summed E-state index contributed by atoms with van der Waals surface area (Å²) in [5.74, 6) is -2.99. The highest BCUT2D eigenvalue weighted by Crippen LogP contribution is 2.16. The molecule has 11 heavy (non-hydrogen) atoms. The minimum absolute atomic E-state index is 0.975. The van der Waals surface area contributed by atoms with Gasteiger partial charge in [0.1, 0.15) is 0 Å². The predicted molar refractivity (Wildman–Crippen MR) is 33.2 cm³/mol. The van der Waals surface area contributed by atoms with Gasteiger partial charge in [-0.15, -0.1) is 9.81 Å². The van der Waals surface area contributed by atoms with Crippen LogP contribution in [0.4, 0.5) is 0 Å². The molecule has 0 fully saturated rings. The fraction of sp³-hybridized carbons (Fsp3) is 1.00. The summed E-state index contributed by atoms with van der Waals surface area (Å²) in [5.41, 5.74) is 0. The SMILES string of the molecule is O=NC(CO)C(O)(N=O)N=O. The van der Waals surface area contributed by atoms with Crippen molar-refractivity contribution in [1.29, 1.82) is 0 Å². The molecule has 0 rings (SSSR count). The highest BCUT2D eigenvalue weighted by Gasteiger charge is 2.41. The second-order valence-corrected chi connectivity index (χ2v) is 1.67. The van der Waals surface area contributed by atoms with Gasteiger partial charge in [0.2, 0.25) is 0 Å². The standard InChI is InChI=1S/C3H5N3O5/c7-1-2(4-9)3(8,5-10)6-11/h2,7-8H,1H2. The van der Waals surface area contributed by atoms with Gasteiger partial charge in [0, 0.05) is 0 Å². The molecule has 8 nitrogen and oxygen atoms in total. The Labute approximate surface area is 60.1 Å². The number of rotatable bonds is 5. The smallest absolute Gasteiger partial charge is 0.358 e. The molecule has 8 heteroatoms. The highest BCUT2D eigenvalue weighted by molar-refractivity contribution is 4.85. The van der Waals surface area contributed by atoms with Gasteiger partial charge in [-0.2, -0.15) is 4.91 Å². The van der Waals surface area contributed by atoms with Gasteiger partial charge in [-0.25, -0.2) is 0 Å². The monoisotopic (exact) mass is 163 g/mol. The number of hydrogen-bond donors (Lipinski definition) is 2. The fourth-order valence-electron chi connectivity index (χ4n) is 0.365. The van der Waals surface area contributed by atoms with Crippen LogP contribution in [-0.2, 0) is 0 Å². The van der Waals surface area contributed by atoms with Gasteiger partial charge in [0.05, 0.1) is 6.61 Å². The van der Waals surface area contributed by atoms with Gasteiger partial charge in [-0.1, -0.05) is 5.18 Å². The van der Waals surface area contributed by atoms with Gasteiger partial charge in [0.15, 0.2) is 6.04 Å². The Morgan fingerprint density at radius 2 is 1.73 bits per heavy atom. The van der Waals surface area contributed by atoms with E-state index in [1.54, 1.807) is 0 Å². The zero-order valence-corrected chi connectivity index (χ0v) is 5.25. The molecule has 0 saturated heterocycles. The summed E-state index contributed by atoms with van der Waals surface area (Å²) < 4.78 is 0. The summed E-state index contributed by atoms with van der Waals surface area (Å²) in [5, 5.41) is 22.7. The average molecular weight is 163 g/mol. The molecule has 0 spiro atoms. The summed E-state index contributed by atoms with van der Waals surface area (Å²) in [4.78, 5) is 29.2. The lowest BCUT2D eigenvalue weighted by atomic mass is 10.2. The summed E-state index contributed by atoms with van der Waals surface area (Å²) in [6.07, 6.45) is 0. The maximum Gasteiger partial charge on any atom is 0.358 e. The molecule has 0 aromatic rings. The molecule has 0 aliphatic carbocycles. The van der Waals surface area contributed by atoms with E-state index in [0.717, 1.165) is 0 Å². The first-order valence-electron chi connectivity index (χ1n) is 2.49. The molecule has 0 amide bonds. The summed E-state index contributed by atoms with van der Waals surface area (Å²) in [6.45, 7) is -0.975. The van der Waals surface area contributed by atoms with Crippen LogP contribution in [0.1, 0.15) is 0 Å². The first-order chi connectivity index (χ1) is 5.14. The third kappa shape index (κ3) is 1.82. The first kappa shape index (κ1) is 9.72. The van der Waals surface area contributed by atoms with E-state index in [1.165, 1.54) is 0 Å². The van der Waals surface area contributed by atoms with Gasteiger partial charge in [-0.05, 0) is 10.4 Å². The first-order valence-corrected chi connectivity index (χ1v) is 2.49. The van der Waals surface area contributed by atoms with Crippen molar-refractivity contribution in [1.82, 2.24) is 0 Å². The summed E-state index contributed by atoms with van der Waals surface area (Å²) >= 11 is 0. The van der Waals surface area contributed by atoms with Crippen molar-refractivity contribution in [3.63, 3.8) is 0 Å². The molecule has 0 aliphatic rings. The fourth-order valence-corrected chi connectivity index (χ4v) is 0.365. The van der Waals surface area contributed by atoms with Crippen molar-refractivity contribution < 1.29 is 10.2 Å². The normalized spacial score (nSPS) is 13.6. The van der Waals surface area contributed by atoms with Crippen LogP contribution in [0.3, 0.4) is 0 Å². The highest BCUT2D eigenvalue weighted by atomic mass is 16.4. The van der Waals surface area contributed by atoms with Crippen molar-refractivity contribution >= 4 is 0 Å².